The van der Waals surface area contributed by atoms with Crippen LogP contribution in [0.4, 0.5) is 0 Å². The van der Waals surface area contributed by atoms with Gasteiger partial charge in [0, 0.05) is 0 Å². The molecule has 4 nitrogen and oxygen atoms in total. The van der Waals surface area contributed by atoms with Crippen LogP contribution in [0.5, 0.6) is 0 Å². The maximum absolute atomic E-state index is 10.8. The number of nitrogens with one attached hydrogen (secondary N) is 1. The van der Waals surface area contributed by atoms with Crippen molar-refractivity contribution in [3.05, 3.63) is 28.0 Å². The molecule has 0 unspecified atom stereocenters. The van der Waals surface area contributed by atoms with Crippen molar-refractivity contribution in [1.82, 2.24) is 10.5 Å². The number of carbonyl (C=O) groups excluding carboxylic acids is 1. The first kappa shape index (κ1) is 9.25. The molecule has 1 amide bonds. The molecule has 0 saturated heterocycles. The standard InChI is InChI=1S/C6H4Cl2N2O2/c7-3-1-2-4(8)9-5(3)6(11)10-12/h1-2,12H,(H,10,11). The first-order chi connectivity index (χ1) is 5.65. The second-order valence-electron chi connectivity index (χ2n) is 1.91. The van der Waals surface area contributed by atoms with Crippen molar-refractivity contribution >= 4 is 29.1 Å². The predicted molar refractivity (Wildman–Crippen MR) is 43.5 cm³/mol. The Labute approximate surface area is 78.1 Å². The van der Waals surface area contributed by atoms with Gasteiger partial charge in [0.1, 0.15) is 5.15 Å². The molecule has 0 aromatic carbocycles. The van der Waals surface area contributed by atoms with Gasteiger partial charge in [-0.2, -0.15) is 0 Å². The lowest BCUT2D eigenvalue weighted by atomic mass is 10.3. The van der Waals surface area contributed by atoms with Crippen molar-refractivity contribution in [3.63, 3.8) is 0 Å². The maximum Gasteiger partial charge on any atom is 0.294 e. The minimum Gasteiger partial charge on any atom is -0.288 e. The molecule has 1 rings (SSSR count). The number of pyridine rings is 1. The molecule has 0 bridgehead atoms. The van der Waals surface area contributed by atoms with E-state index >= 15 is 0 Å². The van der Waals surface area contributed by atoms with Gasteiger partial charge in [-0.1, -0.05) is 23.2 Å². The van der Waals surface area contributed by atoms with Crippen molar-refractivity contribution in [2.75, 3.05) is 0 Å². The van der Waals surface area contributed by atoms with Gasteiger partial charge in [-0.05, 0) is 12.1 Å². The monoisotopic (exact) mass is 206 g/mol. The van der Waals surface area contributed by atoms with Gasteiger partial charge in [0.05, 0.1) is 5.02 Å². The first-order valence-corrected chi connectivity index (χ1v) is 3.67. The number of hydroxylamine groups is 1. The van der Waals surface area contributed by atoms with Crippen LogP contribution in [0.3, 0.4) is 0 Å². The average Bonchev–Trinajstić information content (AvgIpc) is 2.08. The van der Waals surface area contributed by atoms with Gasteiger partial charge < -0.3 is 0 Å². The molecule has 1 aromatic rings. The fourth-order valence-corrected chi connectivity index (χ4v) is 0.969. The highest BCUT2D eigenvalue weighted by atomic mass is 35.5. The van der Waals surface area contributed by atoms with Gasteiger partial charge in [-0.3, -0.25) is 10.0 Å². The Morgan fingerprint density at radius 2 is 2.17 bits per heavy atom. The van der Waals surface area contributed by atoms with Gasteiger partial charge in [0.15, 0.2) is 5.69 Å². The molecule has 1 heterocycles. The topological polar surface area (TPSA) is 62.2 Å². The van der Waals surface area contributed by atoms with Crippen LogP contribution in [-0.2, 0) is 0 Å². The predicted octanol–water partition coefficient (Wildman–Crippen LogP) is 1.51. The minimum absolute atomic E-state index is 0.105. The van der Waals surface area contributed by atoms with Crippen molar-refractivity contribution in [3.8, 4) is 0 Å². The minimum atomic E-state index is -0.789. The van der Waals surface area contributed by atoms with Gasteiger partial charge in [0.25, 0.3) is 5.91 Å². The van der Waals surface area contributed by atoms with Crippen LogP contribution < -0.4 is 5.48 Å². The molecular formula is C6H4Cl2N2O2. The third-order valence-electron chi connectivity index (χ3n) is 1.13. The van der Waals surface area contributed by atoms with E-state index in [1.54, 1.807) is 0 Å². The van der Waals surface area contributed by atoms with Gasteiger partial charge in [-0.15, -0.1) is 0 Å². The van der Waals surface area contributed by atoms with Crippen LogP contribution in [0.25, 0.3) is 0 Å². The van der Waals surface area contributed by atoms with Crippen molar-refractivity contribution in [2.45, 2.75) is 0 Å². The summed E-state index contributed by atoms with van der Waals surface area (Å²) in [4.78, 5) is 14.4. The van der Waals surface area contributed by atoms with Crippen LogP contribution in [0.1, 0.15) is 10.5 Å². The van der Waals surface area contributed by atoms with E-state index in [1.165, 1.54) is 17.6 Å². The maximum atomic E-state index is 10.8. The summed E-state index contributed by atoms with van der Waals surface area (Å²) in [6.45, 7) is 0. The van der Waals surface area contributed by atoms with Gasteiger partial charge >= 0.3 is 0 Å². The zero-order valence-corrected chi connectivity index (χ0v) is 7.23. The summed E-state index contributed by atoms with van der Waals surface area (Å²) in [5, 5.41) is 8.53. The van der Waals surface area contributed by atoms with Crippen molar-refractivity contribution in [1.29, 1.82) is 0 Å². The van der Waals surface area contributed by atoms with Crippen LogP contribution in [-0.4, -0.2) is 16.1 Å². The third kappa shape index (κ3) is 1.85. The lowest BCUT2D eigenvalue weighted by molar-refractivity contribution is 0.0701. The molecule has 0 aliphatic rings. The number of hydrogen-bond donors (Lipinski definition) is 2. The molecule has 0 spiro atoms. The van der Waals surface area contributed by atoms with E-state index in [9.17, 15) is 4.79 Å². The highest BCUT2D eigenvalue weighted by molar-refractivity contribution is 6.34. The molecule has 12 heavy (non-hydrogen) atoms. The Morgan fingerprint density at radius 3 is 2.75 bits per heavy atom. The van der Waals surface area contributed by atoms with Crippen LogP contribution in [0.15, 0.2) is 12.1 Å². The van der Waals surface area contributed by atoms with E-state index in [0.717, 1.165) is 0 Å². The van der Waals surface area contributed by atoms with Crippen LogP contribution in [0, 0.1) is 0 Å². The molecule has 0 aliphatic carbocycles. The Bertz CT molecular complexity index is 316. The first-order valence-electron chi connectivity index (χ1n) is 2.91. The highest BCUT2D eigenvalue weighted by Gasteiger charge is 2.11. The summed E-state index contributed by atoms with van der Waals surface area (Å²) in [7, 11) is 0. The summed E-state index contributed by atoms with van der Waals surface area (Å²) < 4.78 is 0. The number of rotatable bonds is 1. The molecule has 0 atom stereocenters. The van der Waals surface area contributed by atoms with Crippen molar-refractivity contribution in [2.24, 2.45) is 0 Å². The summed E-state index contributed by atoms with van der Waals surface area (Å²) in [5.41, 5.74) is 1.30. The number of hydrogen-bond acceptors (Lipinski definition) is 3. The number of aromatic nitrogens is 1. The Balaban J connectivity index is 3.13. The van der Waals surface area contributed by atoms with E-state index < -0.39 is 5.91 Å². The SMILES string of the molecule is O=C(NO)c1nc(Cl)ccc1Cl. The van der Waals surface area contributed by atoms with Crippen LogP contribution in [0.2, 0.25) is 10.2 Å². The normalized spacial score (nSPS) is 9.58. The molecular weight excluding hydrogens is 203 g/mol. The summed E-state index contributed by atoms with van der Waals surface area (Å²) in [6, 6.07) is 2.86. The number of carbonyl (C=O) groups is 1. The molecule has 0 radical (unpaired) electrons. The zero-order valence-electron chi connectivity index (χ0n) is 5.71. The lowest BCUT2D eigenvalue weighted by Gasteiger charge is -1.99. The zero-order chi connectivity index (χ0) is 9.14. The fraction of sp³-hybridized carbons (Fsp3) is 0. The Hall–Kier alpha value is -0.840. The van der Waals surface area contributed by atoms with Crippen LogP contribution >= 0.6 is 23.2 Å². The molecule has 1 aromatic heterocycles. The molecule has 0 saturated carbocycles. The third-order valence-corrected chi connectivity index (χ3v) is 1.64. The highest BCUT2D eigenvalue weighted by Crippen LogP contribution is 2.16. The summed E-state index contributed by atoms with van der Waals surface area (Å²) >= 11 is 11.1. The quantitative estimate of drug-likeness (QED) is 0.416. The Kier molecular flexibility index (Phi) is 2.86. The molecule has 0 aliphatic heterocycles. The smallest absolute Gasteiger partial charge is 0.288 e. The Morgan fingerprint density at radius 1 is 1.50 bits per heavy atom. The molecule has 64 valence electrons. The number of halogens is 2. The van der Waals surface area contributed by atoms with E-state index in [-0.39, 0.29) is 15.9 Å². The van der Waals surface area contributed by atoms with E-state index in [2.05, 4.69) is 4.98 Å². The van der Waals surface area contributed by atoms with E-state index in [1.807, 2.05) is 0 Å². The number of nitrogens with zero attached hydrogens (tertiary/aromatic N) is 1. The summed E-state index contributed by atoms with van der Waals surface area (Å²) in [5.74, 6) is -0.789. The second kappa shape index (κ2) is 3.71. The average molecular weight is 207 g/mol. The van der Waals surface area contributed by atoms with E-state index in [4.69, 9.17) is 28.4 Å². The fourth-order valence-electron chi connectivity index (χ4n) is 0.631. The second-order valence-corrected chi connectivity index (χ2v) is 2.70. The largest absolute Gasteiger partial charge is 0.294 e. The van der Waals surface area contributed by atoms with Gasteiger partial charge in [0.2, 0.25) is 0 Å². The summed E-state index contributed by atoms with van der Waals surface area (Å²) in [6.07, 6.45) is 0. The van der Waals surface area contributed by atoms with E-state index in [0.29, 0.717) is 0 Å². The molecule has 0 fully saturated rings. The van der Waals surface area contributed by atoms with Gasteiger partial charge in [-0.25, -0.2) is 10.5 Å². The molecule has 6 heteroatoms. The number of amides is 1. The lowest BCUT2D eigenvalue weighted by Crippen LogP contribution is -2.20. The molecule has 2 N–H and O–H groups in total. The van der Waals surface area contributed by atoms with Crippen molar-refractivity contribution < 1.29 is 10.0 Å².